The lowest BCUT2D eigenvalue weighted by Gasteiger charge is -2.08. The SMILES string of the molecule is Cc1c(CNc2ccc(C(=O)O)nn2)cccc1[N+](=O)[O-]. The number of carboxylic acid groups (broad SMARTS) is 1. The fourth-order valence-electron chi connectivity index (χ4n) is 1.79. The molecule has 0 bridgehead atoms. The van der Waals surface area contributed by atoms with Gasteiger partial charge in [0.1, 0.15) is 5.82 Å². The van der Waals surface area contributed by atoms with E-state index in [1.165, 1.54) is 18.2 Å². The van der Waals surface area contributed by atoms with Gasteiger partial charge in [-0.15, -0.1) is 10.2 Å². The third kappa shape index (κ3) is 3.30. The Hall–Kier alpha value is -3.03. The number of benzene rings is 1. The first kappa shape index (κ1) is 14.4. The summed E-state index contributed by atoms with van der Waals surface area (Å²) in [4.78, 5) is 21.1. The van der Waals surface area contributed by atoms with E-state index in [4.69, 9.17) is 5.11 Å². The summed E-state index contributed by atoms with van der Waals surface area (Å²) in [7, 11) is 0. The fraction of sp³-hybridized carbons (Fsp3) is 0.154. The Morgan fingerprint density at radius 2 is 2.10 bits per heavy atom. The fourth-order valence-corrected chi connectivity index (χ4v) is 1.79. The number of anilines is 1. The van der Waals surface area contributed by atoms with Crippen molar-refractivity contribution < 1.29 is 14.8 Å². The Morgan fingerprint density at radius 1 is 1.33 bits per heavy atom. The van der Waals surface area contributed by atoms with Crippen LogP contribution in [0.25, 0.3) is 0 Å². The van der Waals surface area contributed by atoms with E-state index >= 15 is 0 Å². The molecule has 0 atom stereocenters. The van der Waals surface area contributed by atoms with E-state index < -0.39 is 10.9 Å². The number of aromatic nitrogens is 2. The minimum absolute atomic E-state index is 0.0570. The molecule has 0 aliphatic carbocycles. The average Bonchev–Trinajstić information content (AvgIpc) is 2.46. The Kier molecular flexibility index (Phi) is 4.07. The molecule has 2 rings (SSSR count). The molecule has 0 unspecified atom stereocenters. The molecule has 1 aromatic carbocycles. The van der Waals surface area contributed by atoms with Crippen molar-refractivity contribution >= 4 is 17.5 Å². The van der Waals surface area contributed by atoms with Crippen LogP contribution in [-0.4, -0.2) is 26.2 Å². The molecular formula is C13H12N4O4. The second kappa shape index (κ2) is 5.95. The Balaban J connectivity index is 2.11. The summed E-state index contributed by atoms with van der Waals surface area (Å²) in [5.41, 5.74) is 1.24. The predicted octanol–water partition coefficient (Wildman–Crippen LogP) is 2.00. The molecule has 0 aliphatic rings. The minimum Gasteiger partial charge on any atom is -0.476 e. The van der Waals surface area contributed by atoms with E-state index in [0.717, 1.165) is 5.56 Å². The number of rotatable bonds is 5. The number of nitro benzene ring substituents is 1. The maximum atomic E-state index is 10.9. The van der Waals surface area contributed by atoms with E-state index in [1.807, 2.05) is 0 Å². The van der Waals surface area contributed by atoms with Crippen LogP contribution in [0.1, 0.15) is 21.6 Å². The molecule has 0 aliphatic heterocycles. The van der Waals surface area contributed by atoms with Gasteiger partial charge in [-0.1, -0.05) is 12.1 Å². The highest BCUT2D eigenvalue weighted by atomic mass is 16.6. The van der Waals surface area contributed by atoms with Crippen LogP contribution in [0.3, 0.4) is 0 Å². The summed E-state index contributed by atoms with van der Waals surface area (Å²) in [6, 6.07) is 7.65. The molecule has 2 N–H and O–H groups in total. The van der Waals surface area contributed by atoms with Crippen molar-refractivity contribution in [3.05, 3.63) is 57.3 Å². The van der Waals surface area contributed by atoms with E-state index in [2.05, 4.69) is 15.5 Å². The van der Waals surface area contributed by atoms with Gasteiger partial charge in [-0.2, -0.15) is 0 Å². The Morgan fingerprint density at radius 3 is 2.67 bits per heavy atom. The molecule has 0 fully saturated rings. The molecule has 0 radical (unpaired) electrons. The zero-order valence-electron chi connectivity index (χ0n) is 11.1. The summed E-state index contributed by atoms with van der Waals surface area (Å²) >= 11 is 0. The number of hydrogen-bond donors (Lipinski definition) is 2. The second-order valence-electron chi connectivity index (χ2n) is 4.28. The molecule has 0 amide bonds. The van der Waals surface area contributed by atoms with Gasteiger partial charge >= 0.3 is 5.97 Å². The number of nitrogens with one attached hydrogen (secondary N) is 1. The van der Waals surface area contributed by atoms with Crippen LogP contribution in [0.15, 0.2) is 30.3 Å². The summed E-state index contributed by atoms with van der Waals surface area (Å²) in [5.74, 6) is -0.755. The van der Waals surface area contributed by atoms with Gasteiger partial charge in [0, 0.05) is 18.2 Å². The average molecular weight is 288 g/mol. The van der Waals surface area contributed by atoms with Gasteiger partial charge in [-0.05, 0) is 24.6 Å². The second-order valence-corrected chi connectivity index (χ2v) is 4.28. The highest BCUT2D eigenvalue weighted by molar-refractivity contribution is 5.85. The lowest BCUT2D eigenvalue weighted by molar-refractivity contribution is -0.385. The van der Waals surface area contributed by atoms with Gasteiger partial charge in [0.25, 0.3) is 5.69 Å². The van der Waals surface area contributed by atoms with Crippen LogP contribution in [0, 0.1) is 17.0 Å². The predicted molar refractivity (Wildman–Crippen MR) is 74.2 cm³/mol. The summed E-state index contributed by atoms with van der Waals surface area (Å²) in [6.45, 7) is 2.00. The standard InChI is InChI=1S/C13H12N4O4/c1-8-9(3-2-4-11(8)17(20)21)7-14-12-6-5-10(13(18)19)15-16-12/h2-6H,7H2,1H3,(H,14,16)(H,18,19). The van der Waals surface area contributed by atoms with E-state index in [-0.39, 0.29) is 11.4 Å². The third-order valence-corrected chi connectivity index (χ3v) is 2.96. The van der Waals surface area contributed by atoms with Crippen molar-refractivity contribution in [1.29, 1.82) is 0 Å². The molecular weight excluding hydrogens is 276 g/mol. The lowest BCUT2D eigenvalue weighted by Crippen LogP contribution is -2.07. The summed E-state index contributed by atoms with van der Waals surface area (Å²) in [5, 5.41) is 29.8. The molecule has 0 saturated carbocycles. The zero-order chi connectivity index (χ0) is 15.4. The third-order valence-electron chi connectivity index (χ3n) is 2.96. The van der Waals surface area contributed by atoms with Crippen molar-refractivity contribution in [2.75, 3.05) is 5.32 Å². The molecule has 8 nitrogen and oxygen atoms in total. The largest absolute Gasteiger partial charge is 0.476 e. The number of nitro groups is 1. The lowest BCUT2D eigenvalue weighted by atomic mass is 10.1. The van der Waals surface area contributed by atoms with Crippen molar-refractivity contribution in [3.8, 4) is 0 Å². The van der Waals surface area contributed by atoms with Gasteiger partial charge in [-0.25, -0.2) is 4.79 Å². The molecule has 1 heterocycles. The zero-order valence-corrected chi connectivity index (χ0v) is 11.1. The van der Waals surface area contributed by atoms with Crippen LogP contribution < -0.4 is 5.32 Å². The number of hydrogen-bond acceptors (Lipinski definition) is 6. The molecule has 1 aromatic heterocycles. The maximum absolute atomic E-state index is 10.9. The summed E-state index contributed by atoms with van der Waals surface area (Å²) in [6.07, 6.45) is 0. The van der Waals surface area contributed by atoms with Crippen LogP contribution in [-0.2, 0) is 6.54 Å². The number of aromatic carboxylic acids is 1. The first-order valence-corrected chi connectivity index (χ1v) is 6.03. The molecule has 21 heavy (non-hydrogen) atoms. The van der Waals surface area contributed by atoms with E-state index in [9.17, 15) is 14.9 Å². The van der Waals surface area contributed by atoms with Gasteiger partial charge in [-0.3, -0.25) is 10.1 Å². The molecule has 108 valence electrons. The maximum Gasteiger partial charge on any atom is 0.356 e. The minimum atomic E-state index is -1.15. The van der Waals surface area contributed by atoms with Crippen molar-refractivity contribution in [2.45, 2.75) is 13.5 Å². The van der Waals surface area contributed by atoms with Crippen molar-refractivity contribution in [2.24, 2.45) is 0 Å². The molecule has 0 saturated heterocycles. The highest BCUT2D eigenvalue weighted by Gasteiger charge is 2.13. The van der Waals surface area contributed by atoms with Gasteiger partial charge in [0.2, 0.25) is 0 Å². The van der Waals surface area contributed by atoms with Crippen molar-refractivity contribution in [3.63, 3.8) is 0 Å². The molecule has 8 heteroatoms. The number of carboxylic acids is 1. The first-order chi connectivity index (χ1) is 9.99. The van der Waals surface area contributed by atoms with E-state index in [0.29, 0.717) is 17.9 Å². The van der Waals surface area contributed by atoms with Gasteiger partial charge in [0.15, 0.2) is 5.69 Å². The Labute approximate surface area is 119 Å². The smallest absolute Gasteiger partial charge is 0.356 e. The van der Waals surface area contributed by atoms with Gasteiger partial charge < -0.3 is 10.4 Å². The quantitative estimate of drug-likeness (QED) is 0.638. The monoisotopic (exact) mass is 288 g/mol. The van der Waals surface area contributed by atoms with Crippen LogP contribution in [0.2, 0.25) is 0 Å². The van der Waals surface area contributed by atoms with Crippen LogP contribution in [0.4, 0.5) is 11.5 Å². The summed E-state index contributed by atoms with van der Waals surface area (Å²) < 4.78 is 0. The molecule has 2 aromatic rings. The molecule has 0 spiro atoms. The highest BCUT2D eigenvalue weighted by Crippen LogP contribution is 2.21. The topological polar surface area (TPSA) is 118 Å². The van der Waals surface area contributed by atoms with Gasteiger partial charge in [0.05, 0.1) is 4.92 Å². The number of carbonyl (C=O) groups is 1. The number of nitrogens with zero attached hydrogens (tertiary/aromatic N) is 3. The van der Waals surface area contributed by atoms with E-state index in [1.54, 1.807) is 19.1 Å². The normalized spacial score (nSPS) is 10.1. The van der Waals surface area contributed by atoms with Crippen LogP contribution >= 0.6 is 0 Å². The van der Waals surface area contributed by atoms with Crippen molar-refractivity contribution in [1.82, 2.24) is 10.2 Å². The Bertz CT molecular complexity index is 685. The first-order valence-electron chi connectivity index (χ1n) is 6.03. The van der Waals surface area contributed by atoms with Crippen LogP contribution in [0.5, 0.6) is 0 Å².